The fourth-order valence-corrected chi connectivity index (χ4v) is 6.49. The van der Waals surface area contributed by atoms with E-state index in [0.717, 1.165) is 38.2 Å². The maximum Gasteiger partial charge on any atom is 0.0733 e. The van der Waals surface area contributed by atoms with Crippen molar-refractivity contribution in [2.45, 2.75) is 108 Å². The minimum Gasteiger partial charge on any atom is -0.376 e. The molecule has 4 atom stereocenters. The standard InChI is InChI=1S/C24H46N4O/c1-22(2,3)27-13-11-24(12-14-27)17-29-20(21(24)25)9-10-23(4,5)28-15-18-7-8-19(16-28)26(18)6/h18-21H,7-17,25H2,1-6H3/t18?,19?,20-,21+/m0/s1. The van der Waals surface area contributed by atoms with Crippen molar-refractivity contribution in [1.82, 2.24) is 14.7 Å². The molecule has 4 aliphatic heterocycles. The molecule has 0 aromatic carbocycles. The molecule has 4 fully saturated rings. The van der Waals surface area contributed by atoms with E-state index in [1.807, 2.05) is 0 Å². The highest BCUT2D eigenvalue weighted by Gasteiger charge is 2.50. The molecule has 4 heterocycles. The van der Waals surface area contributed by atoms with Crippen LogP contribution >= 0.6 is 0 Å². The Hall–Kier alpha value is -0.200. The summed E-state index contributed by atoms with van der Waals surface area (Å²) in [5.41, 5.74) is 7.56. The number of hydrogen-bond acceptors (Lipinski definition) is 5. The third-order valence-electron chi connectivity index (χ3n) is 9.14. The van der Waals surface area contributed by atoms with Gasteiger partial charge in [-0.25, -0.2) is 0 Å². The van der Waals surface area contributed by atoms with Gasteiger partial charge in [0.15, 0.2) is 0 Å². The fraction of sp³-hybridized carbons (Fsp3) is 1.00. The highest BCUT2D eigenvalue weighted by Crippen LogP contribution is 2.44. The Balaban J connectivity index is 1.31. The maximum absolute atomic E-state index is 6.86. The zero-order valence-corrected chi connectivity index (χ0v) is 19.9. The summed E-state index contributed by atoms with van der Waals surface area (Å²) >= 11 is 0. The second-order valence-electron chi connectivity index (χ2n) is 12.2. The second-order valence-corrected chi connectivity index (χ2v) is 12.2. The van der Waals surface area contributed by atoms with Gasteiger partial charge in [0.1, 0.15) is 0 Å². The topological polar surface area (TPSA) is 45.0 Å². The lowest BCUT2D eigenvalue weighted by molar-refractivity contribution is 0.00563. The normalized spacial score (nSPS) is 36.9. The average molecular weight is 407 g/mol. The summed E-state index contributed by atoms with van der Waals surface area (Å²) in [7, 11) is 2.32. The van der Waals surface area contributed by atoms with Crippen molar-refractivity contribution in [3.05, 3.63) is 0 Å². The van der Waals surface area contributed by atoms with Crippen LogP contribution in [0.5, 0.6) is 0 Å². The number of nitrogens with zero attached hydrogens (tertiary/aromatic N) is 3. The number of rotatable bonds is 4. The van der Waals surface area contributed by atoms with E-state index in [1.54, 1.807) is 0 Å². The minimum atomic E-state index is 0.198. The van der Waals surface area contributed by atoms with E-state index >= 15 is 0 Å². The van der Waals surface area contributed by atoms with Gasteiger partial charge in [0.25, 0.3) is 0 Å². The zero-order valence-electron chi connectivity index (χ0n) is 19.9. The quantitative estimate of drug-likeness (QED) is 0.778. The summed E-state index contributed by atoms with van der Waals surface area (Å²) in [4.78, 5) is 7.99. The SMILES string of the molecule is CN1C2CCC1CN(C(C)(C)CC[C@@H]1OCC3(CCN(C(C)(C)C)CC3)[C@@H]1N)C2. The smallest absolute Gasteiger partial charge is 0.0733 e. The molecule has 2 N–H and O–H groups in total. The molecule has 4 rings (SSSR count). The molecule has 168 valence electrons. The zero-order chi connectivity index (χ0) is 21.0. The molecule has 29 heavy (non-hydrogen) atoms. The maximum atomic E-state index is 6.86. The van der Waals surface area contributed by atoms with Gasteiger partial charge in [-0.2, -0.15) is 0 Å². The number of fused-ring (bicyclic) bond motifs is 2. The summed E-state index contributed by atoms with van der Waals surface area (Å²) in [5.74, 6) is 0. The molecular weight excluding hydrogens is 360 g/mol. The van der Waals surface area contributed by atoms with Gasteiger partial charge in [-0.3, -0.25) is 14.7 Å². The number of piperidine rings is 1. The van der Waals surface area contributed by atoms with E-state index < -0.39 is 0 Å². The lowest BCUT2D eigenvalue weighted by atomic mass is 9.72. The van der Waals surface area contributed by atoms with E-state index in [4.69, 9.17) is 10.5 Å². The summed E-state index contributed by atoms with van der Waals surface area (Å²) in [6, 6.07) is 1.72. The summed E-state index contributed by atoms with van der Waals surface area (Å²) in [6.07, 6.45) is 7.64. The molecule has 2 bridgehead atoms. The van der Waals surface area contributed by atoms with Gasteiger partial charge >= 0.3 is 0 Å². The molecule has 0 saturated carbocycles. The van der Waals surface area contributed by atoms with E-state index in [-0.39, 0.29) is 28.6 Å². The predicted molar refractivity (Wildman–Crippen MR) is 120 cm³/mol. The van der Waals surface area contributed by atoms with Gasteiger partial charge in [0.05, 0.1) is 12.7 Å². The summed E-state index contributed by atoms with van der Waals surface area (Å²) in [5, 5.41) is 0. The highest BCUT2D eigenvalue weighted by atomic mass is 16.5. The molecule has 4 saturated heterocycles. The first-order valence-corrected chi connectivity index (χ1v) is 12.1. The monoisotopic (exact) mass is 406 g/mol. The predicted octanol–water partition coefficient (Wildman–Crippen LogP) is 2.93. The number of likely N-dealkylation sites (tertiary alicyclic amines) is 2. The minimum absolute atomic E-state index is 0.198. The van der Waals surface area contributed by atoms with Crippen molar-refractivity contribution < 1.29 is 4.74 Å². The van der Waals surface area contributed by atoms with Crippen LogP contribution in [0.25, 0.3) is 0 Å². The van der Waals surface area contributed by atoms with E-state index in [2.05, 4.69) is 56.4 Å². The van der Waals surface area contributed by atoms with Crippen LogP contribution in [0.15, 0.2) is 0 Å². The second kappa shape index (κ2) is 7.74. The summed E-state index contributed by atoms with van der Waals surface area (Å²) in [6.45, 7) is 17.5. The number of piperazine rings is 1. The first kappa shape index (κ1) is 22.0. The molecule has 4 aliphatic rings. The molecule has 0 aromatic rings. The van der Waals surface area contributed by atoms with Gasteiger partial charge in [-0.15, -0.1) is 0 Å². The van der Waals surface area contributed by atoms with Crippen molar-refractivity contribution in [2.24, 2.45) is 11.1 Å². The van der Waals surface area contributed by atoms with Crippen LogP contribution in [0.3, 0.4) is 0 Å². The number of nitrogens with two attached hydrogens (primary N) is 1. The van der Waals surface area contributed by atoms with Crippen molar-refractivity contribution in [2.75, 3.05) is 39.8 Å². The first-order valence-electron chi connectivity index (χ1n) is 12.1. The van der Waals surface area contributed by atoms with Crippen molar-refractivity contribution in [3.8, 4) is 0 Å². The largest absolute Gasteiger partial charge is 0.376 e. The lowest BCUT2D eigenvalue weighted by Gasteiger charge is -2.48. The Morgan fingerprint density at radius 2 is 1.55 bits per heavy atom. The third kappa shape index (κ3) is 4.15. The van der Waals surface area contributed by atoms with Crippen LogP contribution in [0.1, 0.15) is 73.1 Å². The van der Waals surface area contributed by atoms with Crippen LogP contribution < -0.4 is 5.73 Å². The van der Waals surface area contributed by atoms with Gasteiger partial charge in [0.2, 0.25) is 0 Å². The van der Waals surface area contributed by atoms with E-state index in [0.29, 0.717) is 0 Å². The average Bonchev–Trinajstić information content (AvgIpc) is 3.03. The molecule has 0 aromatic heterocycles. The van der Waals surface area contributed by atoms with Crippen LogP contribution in [0.4, 0.5) is 0 Å². The first-order chi connectivity index (χ1) is 13.5. The van der Waals surface area contributed by atoms with E-state index in [9.17, 15) is 0 Å². The van der Waals surface area contributed by atoms with Crippen LogP contribution in [0.2, 0.25) is 0 Å². The van der Waals surface area contributed by atoms with Crippen LogP contribution in [0, 0.1) is 5.41 Å². The fourth-order valence-electron chi connectivity index (χ4n) is 6.49. The molecule has 5 nitrogen and oxygen atoms in total. The molecule has 2 unspecified atom stereocenters. The molecule has 0 aliphatic carbocycles. The number of likely N-dealkylation sites (N-methyl/N-ethyl adjacent to an activating group) is 1. The molecule has 0 amide bonds. The third-order valence-corrected chi connectivity index (χ3v) is 9.14. The number of ether oxygens (including phenoxy) is 1. The number of hydrogen-bond donors (Lipinski definition) is 1. The lowest BCUT2D eigenvalue weighted by Crippen LogP contribution is -2.58. The Morgan fingerprint density at radius 3 is 2.10 bits per heavy atom. The van der Waals surface area contributed by atoms with Crippen LogP contribution in [-0.4, -0.2) is 89.8 Å². The molecule has 5 heteroatoms. The van der Waals surface area contributed by atoms with Crippen molar-refractivity contribution in [3.63, 3.8) is 0 Å². The van der Waals surface area contributed by atoms with Gasteiger partial charge in [0, 0.05) is 47.7 Å². The van der Waals surface area contributed by atoms with Gasteiger partial charge in [-0.05, 0) is 93.3 Å². The Bertz CT molecular complexity index is 564. The van der Waals surface area contributed by atoms with Crippen molar-refractivity contribution in [1.29, 1.82) is 0 Å². The van der Waals surface area contributed by atoms with Crippen LogP contribution in [-0.2, 0) is 4.74 Å². The molecular formula is C24H46N4O. The molecule has 1 spiro atoms. The highest BCUT2D eigenvalue weighted by molar-refractivity contribution is 5.04. The Labute approximate surface area is 179 Å². The molecule has 0 radical (unpaired) electrons. The van der Waals surface area contributed by atoms with Gasteiger partial charge < -0.3 is 10.5 Å². The van der Waals surface area contributed by atoms with E-state index in [1.165, 1.54) is 45.2 Å². The Kier molecular flexibility index (Phi) is 5.87. The van der Waals surface area contributed by atoms with Crippen molar-refractivity contribution >= 4 is 0 Å². The summed E-state index contributed by atoms with van der Waals surface area (Å²) < 4.78 is 6.36. The Morgan fingerprint density at radius 1 is 0.966 bits per heavy atom. The van der Waals surface area contributed by atoms with Gasteiger partial charge in [-0.1, -0.05) is 0 Å².